The molecule has 1 N–H and O–H groups in total. The third kappa shape index (κ3) is 3.23. The van der Waals surface area contributed by atoms with Crippen LogP contribution in [0.15, 0.2) is 24.3 Å². The largest absolute Gasteiger partial charge is 0.380 e. The minimum Gasteiger partial charge on any atom is -0.380 e. The van der Waals surface area contributed by atoms with Gasteiger partial charge >= 0.3 is 0 Å². The van der Waals surface area contributed by atoms with Crippen LogP contribution < -0.4 is 10.2 Å². The Labute approximate surface area is 108 Å². The maximum atomic E-state index is 10.9. The van der Waals surface area contributed by atoms with E-state index in [4.69, 9.17) is 4.74 Å². The summed E-state index contributed by atoms with van der Waals surface area (Å²) in [6.07, 6.45) is 2.62. The lowest BCUT2D eigenvalue weighted by atomic mass is 10.1. The van der Waals surface area contributed by atoms with E-state index >= 15 is 0 Å². The van der Waals surface area contributed by atoms with E-state index in [0.717, 1.165) is 31.6 Å². The first kappa shape index (κ1) is 12.9. The molecule has 4 nitrogen and oxygen atoms in total. The second kappa shape index (κ2) is 5.87. The van der Waals surface area contributed by atoms with E-state index in [1.165, 1.54) is 12.6 Å². The first-order valence-corrected chi connectivity index (χ1v) is 6.34. The standard InChI is InChI=1S/C14H20N2O2/c1-11(17)15-12-5-7-13(8-6-12)16-9-3-4-14(10-16)18-2/h5-8,14H,3-4,9-10H2,1-2H3,(H,15,17). The molecule has 1 saturated heterocycles. The number of nitrogens with one attached hydrogen (secondary N) is 1. The second-order valence-corrected chi connectivity index (χ2v) is 4.67. The summed E-state index contributed by atoms with van der Waals surface area (Å²) in [5, 5.41) is 2.77. The summed E-state index contributed by atoms with van der Waals surface area (Å²) in [6.45, 7) is 3.52. The van der Waals surface area contributed by atoms with Crippen LogP contribution >= 0.6 is 0 Å². The molecule has 4 heteroatoms. The van der Waals surface area contributed by atoms with Crippen LogP contribution in [0.5, 0.6) is 0 Å². The molecule has 0 spiro atoms. The summed E-state index contributed by atoms with van der Waals surface area (Å²) in [6, 6.07) is 7.97. The van der Waals surface area contributed by atoms with Gasteiger partial charge in [-0.1, -0.05) is 0 Å². The van der Waals surface area contributed by atoms with Gasteiger partial charge in [-0.25, -0.2) is 0 Å². The van der Waals surface area contributed by atoms with E-state index in [-0.39, 0.29) is 5.91 Å². The second-order valence-electron chi connectivity index (χ2n) is 4.67. The van der Waals surface area contributed by atoms with Gasteiger partial charge in [0.1, 0.15) is 0 Å². The molecule has 0 aliphatic carbocycles. The molecule has 1 aliphatic heterocycles. The van der Waals surface area contributed by atoms with E-state index in [2.05, 4.69) is 10.2 Å². The summed E-state index contributed by atoms with van der Waals surface area (Å²) in [4.78, 5) is 13.3. The van der Waals surface area contributed by atoms with Gasteiger partial charge in [0, 0.05) is 38.5 Å². The van der Waals surface area contributed by atoms with Crippen molar-refractivity contribution in [3.63, 3.8) is 0 Å². The summed E-state index contributed by atoms with van der Waals surface area (Å²) >= 11 is 0. The number of anilines is 2. The first-order chi connectivity index (χ1) is 8.69. The number of benzene rings is 1. The zero-order valence-electron chi connectivity index (χ0n) is 11.0. The van der Waals surface area contributed by atoms with Gasteiger partial charge in [-0.2, -0.15) is 0 Å². The number of amides is 1. The van der Waals surface area contributed by atoms with Gasteiger partial charge in [0.25, 0.3) is 0 Å². The van der Waals surface area contributed by atoms with Crippen LogP contribution in [0.1, 0.15) is 19.8 Å². The highest BCUT2D eigenvalue weighted by atomic mass is 16.5. The number of rotatable bonds is 3. The van der Waals surface area contributed by atoms with Crippen molar-refractivity contribution in [2.24, 2.45) is 0 Å². The third-order valence-electron chi connectivity index (χ3n) is 3.26. The van der Waals surface area contributed by atoms with Crippen LogP contribution in [0.3, 0.4) is 0 Å². The Hall–Kier alpha value is -1.55. The van der Waals surface area contributed by atoms with Crippen molar-refractivity contribution in [2.75, 3.05) is 30.4 Å². The van der Waals surface area contributed by atoms with Crippen LogP contribution in [-0.2, 0) is 9.53 Å². The van der Waals surface area contributed by atoms with Crippen molar-refractivity contribution in [2.45, 2.75) is 25.9 Å². The highest BCUT2D eigenvalue weighted by molar-refractivity contribution is 5.88. The van der Waals surface area contributed by atoms with Crippen molar-refractivity contribution >= 4 is 17.3 Å². The normalized spacial score (nSPS) is 19.7. The minimum absolute atomic E-state index is 0.0415. The lowest BCUT2D eigenvalue weighted by molar-refractivity contribution is -0.114. The van der Waals surface area contributed by atoms with E-state index in [0.29, 0.717) is 6.10 Å². The number of hydrogen-bond donors (Lipinski definition) is 1. The van der Waals surface area contributed by atoms with Gasteiger partial charge in [-0.3, -0.25) is 4.79 Å². The number of nitrogens with zero attached hydrogens (tertiary/aromatic N) is 1. The summed E-state index contributed by atoms with van der Waals surface area (Å²) in [7, 11) is 1.77. The van der Waals surface area contributed by atoms with Gasteiger partial charge in [-0.15, -0.1) is 0 Å². The maximum Gasteiger partial charge on any atom is 0.221 e. The van der Waals surface area contributed by atoms with Crippen molar-refractivity contribution in [1.29, 1.82) is 0 Å². The molecule has 1 atom stereocenters. The lowest BCUT2D eigenvalue weighted by Crippen LogP contribution is -2.39. The average Bonchev–Trinajstić information content (AvgIpc) is 2.39. The Morgan fingerprint density at radius 3 is 2.72 bits per heavy atom. The molecule has 2 rings (SSSR count). The van der Waals surface area contributed by atoms with Crippen molar-refractivity contribution in [3.05, 3.63) is 24.3 Å². The molecule has 0 saturated carbocycles. The molecule has 1 aliphatic rings. The number of piperidine rings is 1. The number of hydrogen-bond acceptors (Lipinski definition) is 3. The fourth-order valence-electron chi connectivity index (χ4n) is 2.32. The number of methoxy groups -OCH3 is 1. The molecule has 98 valence electrons. The third-order valence-corrected chi connectivity index (χ3v) is 3.26. The molecular weight excluding hydrogens is 228 g/mol. The Balaban J connectivity index is 2.02. The van der Waals surface area contributed by atoms with Gasteiger partial charge in [0.2, 0.25) is 5.91 Å². The fraction of sp³-hybridized carbons (Fsp3) is 0.500. The minimum atomic E-state index is -0.0415. The molecule has 18 heavy (non-hydrogen) atoms. The Morgan fingerprint density at radius 2 is 2.11 bits per heavy atom. The molecule has 0 aromatic heterocycles. The van der Waals surface area contributed by atoms with E-state index in [1.54, 1.807) is 7.11 Å². The zero-order valence-corrected chi connectivity index (χ0v) is 11.0. The first-order valence-electron chi connectivity index (χ1n) is 6.34. The van der Waals surface area contributed by atoms with Crippen LogP contribution in [0.2, 0.25) is 0 Å². The molecule has 1 aromatic carbocycles. The van der Waals surface area contributed by atoms with E-state index in [9.17, 15) is 4.79 Å². The predicted octanol–water partition coefficient (Wildman–Crippen LogP) is 2.26. The quantitative estimate of drug-likeness (QED) is 0.892. The molecule has 1 amide bonds. The smallest absolute Gasteiger partial charge is 0.221 e. The number of carbonyl (C=O) groups excluding carboxylic acids is 1. The maximum absolute atomic E-state index is 10.9. The van der Waals surface area contributed by atoms with Crippen molar-refractivity contribution in [3.8, 4) is 0 Å². The SMILES string of the molecule is COC1CCCN(c2ccc(NC(C)=O)cc2)C1. The van der Waals surface area contributed by atoms with Gasteiger partial charge < -0.3 is 15.0 Å². The van der Waals surface area contributed by atoms with Crippen molar-refractivity contribution < 1.29 is 9.53 Å². The van der Waals surface area contributed by atoms with Crippen LogP contribution in [0.4, 0.5) is 11.4 Å². The Morgan fingerprint density at radius 1 is 1.39 bits per heavy atom. The van der Waals surface area contributed by atoms with E-state index < -0.39 is 0 Å². The van der Waals surface area contributed by atoms with Gasteiger partial charge in [0.15, 0.2) is 0 Å². The molecule has 1 heterocycles. The molecule has 1 unspecified atom stereocenters. The Kier molecular flexibility index (Phi) is 4.20. The van der Waals surface area contributed by atoms with Gasteiger partial charge in [0.05, 0.1) is 6.10 Å². The van der Waals surface area contributed by atoms with E-state index in [1.807, 2.05) is 24.3 Å². The lowest BCUT2D eigenvalue weighted by Gasteiger charge is -2.33. The number of ether oxygens (including phenoxy) is 1. The molecule has 0 bridgehead atoms. The number of carbonyl (C=O) groups is 1. The monoisotopic (exact) mass is 248 g/mol. The highest BCUT2D eigenvalue weighted by Gasteiger charge is 2.19. The molecule has 1 aromatic rings. The van der Waals surface area contributed by atoms with Crippen molar-refractivity contribution in [1.82, 2.24) is 0 Å². The summed E-state index contributed by atoms with van der Waals surface area (Å²) in [5.41, 5.74) is 2.03. The van der Waals surface area contributed by atoms with Crippen LogP contribution in [0.25, 0.3) is 0 Å². The Bertz CT molecular complexity index is 403. The van der Waals surface area contributed by atoms with Gasteiger partial charge in [-0.05, 0) is 37.1 Å². The highest BCUT2D eigenvalue weighted by Crippen LogP contribution is 2.22. The predicted molar refractivity (Wildman–Crippen MR) is 73.0 cm³/mol. The zero-order chi connectivity index (χ0) is 13.0. The van der Waals surface area contributed by atoms with Crippen LogP contribution in [0, 0.1) is 0 Å². The summed E-state index contributed by atoms with van der Waals surface area (Å²) < 4.78 is 5.42. The summed E-state index contributed by atoms with van der Waals surface area (Å²) in [5.74, 6) is -0.0415. The topological polar surface area (TPSA) is 41.6 Å². The molecule has 0 radical (unpaired) electrons. The average molecular weight is 248 g/mol. The van der Waals surface area contributed by atoms with Crippen LogP contribution in [-0.4, -0.2) is 32.2 Å². The fourth-order valence-corrected chi connectivity index (χ4v) is 2.32. The molecular formula is C14H20N2O2. The molecule has 1 fully saturated rings.